The highest BCUT2D eigenvalue weighted by Crippen LogP contribution is 2.38. The summed E-state index contributed by atoms with van der Waals surface area (Å²) in [5.41, 5.74) is 0.549. The number of carbonyl (C=O) groups excluding carboxylic acids is 2. The van der Waals surface area contributed by atoms with Gasteiger partial charge in [0.25, 0.3) is 5.91 Å². The Morgan fingerprint density at radius 2 is 1.59 bits per heavy atom. The number of benzene rings is 3. The van der Waals surface area contributed by atoms with Crippen LogP contribution >= 0.6 is 39.1 Å². The van der Waals surface area contributed by atoms with E-state index in [1.807, 2.05) is 24.3 Å². The van der Waals surface area contributed by atoms with Gasteiger partial charge in [-0.2, -0.15) is 0 Å². The van der Waals surface area contributed by atoms with Crippen molar-refractivity contribution in [1.29, 1.82) is 0 Å². The minimum Gasteiger partial charge on any atom is -0.508 e. The highest BCUT2D eigenvalue weighted by molar-refractivity contribution is 9.10. The van der Waals surface area contributed by atoms with E-state index in [4.69, 9.17) is 23.2 Å². The average molecular weight is 534 g/mol. The summed E-state index contributed by atoms with van der Waals surface area (Å²) < 4.78 is 0.918. The van der Waals surface area contributed by atoms with Crippen molar-refractivity contribution < 1.29 is 14.7 Å². The van der Waals surface area contributed by atoms with Gasteiger partial charge < -0.3 is 10.0 Å². The molecule has 1 aliphatic heterocycles. The lowest BCUT2D eigenvalue weighted by molar-refractivity contribution is -0.124. The fraction of sp³-hybridized carbons (Fsp3) is 0.167. The molecule has 1 N–H and O–H groups in total. The molecule has 1 saturated heterocycles. The molecule has 3 aromatic rings. The van der Waals surface area contributed by atoms with E-state index in [-0.39, 0.29) is 18.2 Å². The molecule has 3 amide bonds. The Morgan fingerprint density at radius 1 is 0.969 bits per heavy atom. The lowest BCUT2D eigenvalue weighted by Gasteiger charge is -2.32. The Balaban J connectivity index is 1.79. The zero-order valence-electron chi connectivity index (χ0n) is 17.1. The summed E-state index contributed by atoms with van der Waals surface area (Å²) in [4.78, 5) is 29.9. The molecule has 0 aliphatic carbocycles. The molecule has 1 fully saturated rings. The van der Waals surface area contributed by atoms with Gasteiger partial charge in [0.15, 0.2) is 0 Å². The van der Waals surface area contributed by atoms with Crippen molar-refractivity contribution in [3.8, 4) is 5.75 Å². The van der Waals surface area contributed by atoms with Crippen molar-refractivity contribution in [2.75, 3.05) is 4.90 Å². The first-order valence-corrected chi connectivity index (χ1v) is 11.4. The second-order valence-corrected chi connectivity index (χ2v) is 9.63. The monoisotopic (exact) mass is 532 g/mol. The number of aromatic hydroxyl groups is 1. The maximum absolute atomic E-state index is 13.7. The van der Waals surface area contributed by atoms with Gasteiger partial charge in [-0.15, -0.1) is 0 Å². The molecule has 5 nitrogen and oxygen atoms in total. The molecule has 0 bridgehead atoms. The van der Waals surface area contributed by atoms with Crippen molar-refractivity contribution in [2.45, 2.75) is 25.4 Å². The summed E-state index contributed by atoms with van der Waals surface area (Å²) in [6, 6.07) is 18.5. The summed E-state index contributed by atoms with van der Waals surface area (Å²) in [6.07, 6.45) is 0.295. The van der Waals surface area contributed by atoms with E-state index < -0.39 is 11.6 Å². The third-order valence-electron chi connectivity index (χ3n) is 5.57. The molecule has 0 radical (unpaired) electrons. The first-order valence-electron chi connectivity index (χ1n) is 9.82. The zero-order valence-corrected chi connectivity index (χ0v) is 20.2. The summed E-state index contributed by atoms with van der Waals surface area (Å²) >= 11 is 15.7. The standard InChI is InChI=1S/C24H19BrCl2N2O3/c1-24(13-15-6-8-17(25)9-7-15)22(31)29(20-11-18(26)10-19(27)12-20)23(32)28(24)14-16-4-2-3-5-21(16)30/h2-12,30H,13-14H2,1H3/t24-/m1/s1. The van der Waals surface area contributed by atoms with Gasteiger partial charge in [0.1, 0.15) is 11.3 Å². The number of para-hydroxylation sites is 1. The second-order valence-electron chi connectivity index (χ2n) is 7.84. The minimum absolute atomic E-state index is 0.0583. The lowest BCUT2D eigenvalue weighted by Crippen LogP contribution is -2.48. The van der Waals surface area contributed by atoms with Crippen LogP contribution in [0.1, 0.15) is 18.1 Å². The number of amides is 3. The van der Waals surface area contributed by atoms with Gasteiger partial charge >= 0.3 is 6.03 Å². The number of urea groups is 1. The molecule has 4 rings (SSSR count). The molecule has 0 spiro atoms. The minimum atomic E-state index is -1.19. The van der Waals surface area contributed by atoms with Crippen LogP contribution in [0.3, 0.4) is 0 Å². The number of halogens is 3. The maximum Gasteiger partial charge on any atom is 0.332 e. The van der Waals surface area contributed by atoms with Gasteiger partial charge in [-0.05, 0) is 48.9 Å². The third-order valence-corrected chi connectivity index (χ3v) is 6.53. The average Bonchev–Trinajstić information content (AvgIpc) is 2.91. The zero-order chi connectivity index (χ0) is 23.0. The smallest absolute Gasteiger partial charge is 0.332 e. The largest absolute Gasteiger partial charge is 0.508 e. The molecule has 8 heteroatoms. The Labute approximate surface area is 204 Å². The Hall–Kier alpha value is -2.54. The van der Waals surface area contributed by atoms with Crippen LogP contribution in [-0.4, -0.2) is 27.5 Å². The SMILES string of the molecule is C[C@@]1(Cc2ccc(Br)cc2)C(=O)N(c2cc(Cl)cc(Cl)c2)C(=O)N1Cc1ccccc1O. The molecule has 1 heterocycles. The molecule has 3 aromatic carbocycles. The first kappa shape index (κ1) is 22.6. The quantitative estimate of drug-likeness (QED) is 0.384. The fourth-order valence-electron chi connectivity index (χ4n) is 3.90. The Kier molecular flexibility index (Phi) is 6.21. The number of hydrogen-bond acceptors (Lipinski definition) is 3. The second kappa shape index (κ2) is 8.77. The van der Waals surface area contributed by atoms with Crippen LogP contribution < -0.4 is 4.90 Å². The Bertz CT molecular complexity index is 1180. The van der Waals surface area contributed by atoms with Crippen molar-refractivity contribution >= 4 is 56.8 Å². The van der Waals surface area contributed by atoms with Crippen LogP contribution in [-0.2, 0) is 17.8 Å². The van der Waals surface area contributed by atoms with Crippen molar-refractivity contribution in [2.24, 2.45) is 0 Å². The van der Waals surface area contributed by atoms with E-state index in [9.17, 15) is 14.7 Å². The molecular weight excluding hydrogens is 515 g/mol. The van der Waals surface area contributed by atoms with Gasteiger partial charge in [0.2, 0.25) is 0 Å². The van der Waals surface area contributed by atoms with Crippen molar-refractivity contribution in [1.82, 2.24) is 4.90 Å². The summed E-state index contributed by atoms with van der Waals surface area (Å²) in [5.74, 6) is -0.331. The number of rotatable bonds is 5. The normalized spacial score (nSPS) is 18.5. The third kappa shape index (κ3) is 4.22. The maximum atomic E-state index is 13.7. The number of imide groups is 1. The fourth-order valence-corrected chi connectivity index (χ4v) is 4.68. The molecule has 164 valence electrons. The predicted molar refractivity (Wildman–Crippen MR) is 129 cm³/mol. The molecule has 1 aliphatic rings. The molecular formula is C24H19BrCl2N2O3. The summed E-state index contributed by atoms with van der Waals surface area (Å²) in [7, 11) is 0. The number of phenolic OH excluding ortho intramolecular Hbond substituents is 1. The van der Waals surface area contributed by atoms with Crippen LogP contribution in [0.25, 0.3) is 0 Å². The van der Waals surface area contributed by atoms with E-state index in [1.165, 1.54) is 17.0 Å². The lowest BCUT2D eigenvalue weighted by atomic mass is 9.90. The van der Waals surface area contributed by atoms with Gasteiger partial charge in [0.05, 0.1) is 12.2 Å². The van der Waals surface area contributed by atoms with E-state index in [2.05, 4.69) is 15.9 Å². The first-order chi connectivity index (χ1) is 15.2. The predicted octanol–water partition coefficient (Wildman–Crippen LogP) is 6.43. The van der Waals surface area contributed by atoms with Crippen LogP contribution in [0.15, 0.2) is 71.2 Å². The Morgan fingerprint density at radius 3 is 2.22 bits per heavy atom. The van der Waals surface area contributed by atoms with E-state index >= 15 is 0 Å². The molecule has 0 aromatic heterocycles. The summed E-state index contributed by atoms with van der Waals surface area (Å²) in [6.45, 7) is 1.80. The number of anilines is 1. The van der Waals surface area contributed by atoms with Gasteiger partial charge in [-0.3, -0.25) is 4.79 Å². The van der Waals surface area contributed by atoms with Crippen LogP contribution in [0, 0.1) is 0 Å². The van der Waals surface area contributed by atoms with Crippen LogP contribution in [0.2, 0.25) is 10.0 Å². The van der Waals surface area contributed by atoms with Crippen molar-refractivity contribution in [3.05, 3.63) is 92.4 Å². The van der Waals surface area contributed by atoms with Crippen LogP contribution in [0.5, 0.6) is 5.75 Å². The van der Waals surface area contributed by atoms with Gasteiger partial charge in [-0.25, -0.2) is 9.69 Å². The van der Waals surface area contributed by atoms with E-state index in [0.29, 0.717) is 27.7 Å². The number of carbonyl (C=O) groups is 2. The molecule has 0 unspecified atom stereocenters. The number of hydrogen-bond donors (Lipinski definition) is 1. The highest BCUT2D eigenvalue weighted by atomic mass is 79.9. The van der Waals surface area contributed by atoms with E-state index in [1.54, 1.807) is 37.3 Å². The molecule has 1 atom stereocenters. The van der Waals surface area contributed by atoms with E-state index in [0.717, 1.165) is 14.9 Å². The van der Waals surface area contributed by atoms with Crippen molar-refractivity contribution in [3.63, 3.8) is 0 Å². The molecule has 0 saturated carbocycles. The van der Waals surface area contributed by atoms with Gasteiger partial charge in [0, 0.05) is 26.5 Å². The molecule has 32 heavy (non-hydrogen) atoms. The number of nitrogens with zero attached hydrogens (tertiary/aromatic N) is 2. The van der Waals surface area contributed by atoms with Gasteiger partial charge in [-0.1, -0.05) is 69.5 Å². The summed E-state index contributed by atoms with van der Waals surface area (Å²) in [5, 5.41) is 10.9. The van der Waals surface area contributed by atoms with Crippen LogP contribution in [0.4, 0.5) is 10.5 Å². The topological polar surface area (TPSA) is 60.9 Å². The number of phenols is 1. The highest BCUT2D eigenvalue weighted by Gasteiger charge is 2.54.